The Kier molecular flexibility index (Phi) is 44.5. The standard InChI is InChI=1S/C20H19N2.C19H17N2.C18H15N2.C17H13N2.4C11H8N.4Ir/c1-15(2)13-18-9-6-10-19(22-18)17-11-12-21-20(14-17)16-7-4-3-5-8-16;1-14(2)17-9-6-10-18(21-17)16-11-12-20-19(13-16)15-7-4-3-5-8-15;1-2-16-9-6-10-17(20-16)15-11-12-19-18(13-15)14-7-4-3-5-8-14;1-13-6-5-9-16(19-13)15-10-11-18-17(12-15)14-7-3-2-4-8-14;4*1-2-6-10(7-3-1)11-8-4-5-9-12-11;;;;/h3-7,9-12,14-15H,13H2,1-2H3;3-7,9-14H,1-2H3;3-7,9-13H,2H2,1H3;2-7,9-12H,1H3;4*1-6,8-9H;;;;/q8*-1;;;;. The predicted molar refractivity (Wildman–Crippen MR) is 528 cm³/mol. The molecule has 0 aliphatic carbocycles. The maximum Gasteiger partial charge on any atom is 0.0698 e. The van der Waals surface area contributed by atoms with Gasteiger partial charge in [0, 0.05) is 153 Å². The SMILES string of the molecule is CC(C)Cc1cccc(-c2ccnc(-c3[c-]cccc3)c2)n1.CC(C)c1cccc(-c2ccnc(-c3[c-]cccc3)c2)n1.CCc1cccc(-c2ccnc(-c3[c-]cccc3)c2)n1.Cc1cccc(-c2ccnc(-c3[c-]cccc3)c2)n1.[Ir].[Ir].[Ir].[Ir].[c-]1ccccc1-c1ccccn1.[c-]1ccccc1-c1ccccn1.[c-]1ccccc1-c1ccccn1.[c-]1ccccc1-c1ccccn1. The summed E-state index contributed by atoms with van der Waals surface area (Å²) in [6.45, 7) is 12.8. The molecular weight excluding hydrogens is 2350 g/mol. The fraction of sp³-hybridized carbons (Fsp3) is 0.0847. The van der Waals surface area contributed by atoms with Gasteiger partial charge in [-0.15, -0.1) is 287 Å². The van der Waals surface area contributed by atoms with Crippen molar-refractivity contribution >= 4 is 0 Å². The first-order valence-corrected chi connectivity index (χ1v) is 43.1. The number of benzene rings is 8. The minimum Gasteiger partial charge on any atom is -0.305 e. The Morgan fingerprint density at radius 3 is 0.709 bits per heavy atom. The largest absolute Gasteiger partial charge is 0.305 e. The van der Waals surface area contributed by atoms with Crippen molar-refractivity contribution in [2.75, 3.05) is 0 Å². The van der Waals surface area contributed by atoms with E-state index in [1.807, 2.05) is 359 Å². The molecule has 0 spiro atoms. The first kappa shape index (κ1) is 104. The molecule has 0 atom stereocenters. The van der Waals surface area contributed by atoms with Crippen molar-refractivity contribution in [3.05, 3.63) is 509 Å². The molecule has 12 aromatic heterocycles. The first-order chi connectivity index (χ1) is 64.0. The van der Waals surface area contributed by atoms with Gasteiger partial charge < -0.3 is 39.9 Å². The van der Waals surface area contributed by atoms with Crippen LogP contribution in [0.25, 0.3) is 135 Å². The van der Waals surface area contributed by atoms with Gasteiger partial charge in [-0.25, -0.2) is 0 Å². The van der Waals surface area contributed by atoms with Gasteiger partial charge in [-0.2, -0.15) is 0 Å². The number of hydrogen-bond acceptors (Lipinski definition) is 12. The fourth-order valence-corrected chi connectivity index (χ4v) is 13.1. The van der Waals surface area contributed by atoms with Crippen LogP contribution in [0, 0.1) is 61.4 Å². The van der Waals surface area contributed by atoms with Crippen LogP contribution >= 0.6 is 0 Å². The third-order valence-electron chi connectivity index (χ3n) is 19.6. The normalized spacial score (nSPS) is 9.97. The monoisotopic (exact) mass is 2450 g/mol. The van der Waals surface area contributed by atoms with Crippen LogP contribution in [0.5, 0.6) is 0 Å². The molecule has 0 saturated carbocycles. The van der Waals surface area contributed by atoms with Gasteiger partial charge in [0.25, 0.3) is 0 Å². The Balaban J connectivity index is 0.000000173. The molecule has 0 N–H and O–H groups in total. The summed E-state index contributed by atoms with van der Waals surface area (Å²) < 4.78 is 0. The van der Waals surface area contributed by atoms with E-state index >= 15 is 0 Å². The van der Waals surface area contributed by atoms with Crippen molar-refractivity contribution in [3.8, 4) is 135 Å². The molecule has 20 aromatic rings. The van der Waals surface area contributed by atoms with Crippen molar-refractivity contribution < 1.29 is 80.4 Å². The van der Waals surface area contributed by atoms with E-state index < -0.39 is 0 Å². The number of aromatic nitrogens is 12. The molecule has 0 saturated heterocycles. The van der Waals surface area contributed by atoms with Crippen molar-refractivity contribution in [3.63, 3.8) is 0 Å². The summed E-state index contributed by atoms with van der Waals surface area (Å²) in [5.74, 6) is 1.03. The summed E-state index contributed by atoms with van der Waals surface area (Å²) in [6, 6.07) is 152. The van der Waals surface area contributed by atoms with E-state index in [-0.39, 0.29) is 80.4 Å². The van der Waals surface area contributed by atoms with Gasteiger partial charge in [-0.1, -0.05) is 132 Å². The number of aryl methyl sites for hydroxylation is 2. The Labute approximate surface area is 843 Å². The molecule has 20 rings (SSSR count). The summed E-state index contributed by atoms with van der Waals surface area (Å²) in [7, 11) is 0. The van der Waals surface area contributed by atoms with Gasteiger partial charge in [0.1, 0.15) is 0 Å². The van der Waals surface area contributed by atoms with E-state index in [4.69, 9.17) is 9.97 Å². The molecule has 16 heteroatoms. The maximum absolute atomic E-state index is 4.78. The molecule has 0 unspecified atom stereocenters. The average Bonchev–Trinajstić information content (AvgIpc) is 0.835. The molecule has 672 valence electrons. The summed E-state index contributed by atoms with van der Waals surface area (Å²) in [6.07, 6.45) is 16.4. The molecule has 0 aliphatic rings. The molecule has 0 bridgehead atoms. The quantitative estimate of drug-likeness (QED) is 0.0846. The Hall–Kier alpha value is -13.8. The van der Waals surface area contributed by atoms with Crippen LogP contribution in [0.2, 0.25) is 0 Å². The van der Waals surface area contributed by atoms with Crippen LogP contribution in [-0.2, 0) is 93.3 Å². The maximum atomic E-state index is 4.78. The van der Waals surface area contributed by atoms with E-state index in [0.717, 1.165) is 171 Å². The first-order valence-electron chi connectivity index (χ1n) is 43.1. The van der Waals surface area contributed by atoms with Gasteiger partial charge in [0.05, 0.1) is 22.8 Å². The van der Waals surface area contributed by atoms with Crippen molar-refractivity contribution in [1.29, 1.82) is 0 Å². The summed E-state index contributed by atoms with van der Waals surface area (Å²) in [5, 5.41) is 0. The van der Waals surface area contributed by atoms with Crippen LogP contribution in [0.1, 0.15) is 63.3 Å². The van der Waals surface area contributed by atoms with Gasteiger partial charge in [-0.05, 0) is 196 Å². The molecule has 134 heavy (non-hydrogen) atoms. The van der Waals surface area contributed by atoms with E-state index in [1.54, 1.807) is 24.8 Å². The molecule has 12 heterocycles. The van der Waals surface area contributed by atoms with Crippen LogP contribution in [0.15, 0.2) is 438 Å². The minimum absolute atomic E-state index is 0. The minimum atomic E-state index is 0. The van der Waals surface area contributed by atoms with Crippen molar-refractivity contribution in [2.45, 2.75) is 60.3 Å². The Bertz CT molecular complexity index is 6210. The molecular formula is C118H96Ir4N12-8. The molecule has 12 nitrogen and oxygen atoms in total. The Morgan fingerprint density at radius 1 is 0.216 bits per heavy atom. The second kappa shape index (κ2) is 57.5. The zero-order valence-corrected chi connectivity index (χ0v) is 84.4. The zero-order valence-electron chi connectivity index (χ0n) is 74.8. The molecule has 0 aliphatic heterocycles. The Morgan fingerprint density at radius 2 is 0.455 bits per heavy atom. The number of pyridine rings is 12. The van der Waals surface area contributed by atoms with Crippen molar-refractivity contribution in [2.24, 2.45) is 5.92 Å². The smallest absolute Gasteiger partial charge is 0.0698 e. The second-order valence-electron chi connectivity index (χ2n) is 30.0. The van der Waals surface area contributed by atoms with Gasteiger partial charge in [0.2, 0.25) is 0 Å². The molecule has 0 amide bonds. The molecule has 8 aromatic carbocycles. The van der Waals surface area contributed by atoms with Crippen LogP contribution < -0.4 is 0 Å². The van der Waals surface area contributed by atoms with Crippen molar-refractivity contribution in [1.82, 2.24) is 59.8 Å². The molecule has 4 radical (unpaired) electrons. The number of rotatable bonds is 16. The van der Waals surface area contributed by atoms with Gasteiger partial charge in [-0.3, -0.25) is 19.9 Å². The predicted octanol–water partition coefficient (Wildman–Crippen LogP) is 27.8. The molecule has 0 fully saturated rings. The second-order valence-corrected chi connectivity index (χ2v) is 30.0. The topological polar surface area (TPSA) is 155 Å². The summed E-state index contributed by atoms with van der Waals surface area (Å²) in [4.78, 5) is 53.3. The fourth-order valence-electron chi connectivity index (χ4n) is 13.1. The van der Waals surface area contributed by atoms with Crippen LogP contribution in [-0.4, -0.2) is 59.8 Å². The van der Waals surface area contributed by atoms with E-state index in [0.29, 0.717) is 11.8 Å². The number of hydrogen-bond donors (Lipinski definition) is 0. The average molecular weight is 2450 g/mol. The summed E-state index contributed by atoms with van der Waals surface area (Å²) in [5.41, 5.74) is 28.4. The van der Waals surface area contributed by atoms with E-state index in [1.165, 1.54) is 0 Å². The van der Waals surface area contributed by atoms with Crippen LogP contribution in [0.3, 0.4) is 0 Å². The third kappa shape index (κ3) is 33.5. The van der Waals surface area contributed by atoms with Gasteiger partial charge in [0.15, 0.2) is 0 Å². The van der Waals surface area contributed by atoms with Crippen LogP contribution in [0.4, 0.5) is 0 Å². The van der Waals surface area contributed by atoms with E-state index in [2.05, 4.69) is 194 Å². The zero-order chi connectivity index (χ0) is 89.8. The van der Waals surface area contributed by atoms with E-state index in [9.17, 15) is 0 Å². The summed E-state index contributed by atoms with van der Waals surface area (Å²) >= 11 is 0. The third-order valence-corrected chi connectivity index (χ3v) is 19.6. The van der Waals surface area contributed by atoms with Gasteiger partial charge >= 0.3 is 0 Å². The number of nitrogens with zero attached hydrogens (tertiary/aromatic N) is 12.